The van der Waals surface area contributed by atoms with Crippen LogP contribution in [0.3, 0.4) is 0 Å². The predicted molar refractivity (Wildman–Crippen MR) is 87.7 cm³/mol. The summed E-state index contributed by atoms with van der Waals surface area (Å²) in [5.74, 6) is 0. The fraction of sp³-hybridized carbons (Fsp3) is 0.375. The van der Waals surface area contributed by atoms with Gasteiger partial charge in [-0.1, -0.05) is 24.3 Å². The molecule has 0 saturated carbocycles. The van der Waals surface area contributed by atoms with Gasteiger partial charge in [-0.15, -0.1) is 11.3 Å². The molecule has 1 atom stereocenters. The summed E-state index contributed by atoms with van der Waals surface area (Å²) in [5, 5.41) is 10.7. The zero-order valence-electron chi connectivity index (χ0n) is 12.4. The lowest BCUT2D eigenvalue weighted by Crippen LogP contribution is -2.46. The molecule has 2 aromatic rings. The molecule has 0 amide bonds. The van der Waals surface area contributed by atoms with Crippen molar-refractivity contribution in [1.82, 2.24) is 4.72 Å². The van der Waals surface area contributed by atoms with Gasteiger partial charge < -0.3 is 5.11 Å². The number of benzene rings is 1. The van der Waals surface area contributed by atoms with Crippen molar-refractivity contribution < 1.29 is 13.5 Å². The quantitative estimate of drug-likeness (QED) is 0.899. The molecule has 0 bridgehead atoms. The molecule has 1 aromatic heterocycles. The lowest BCUT2D eigenvalue weighted by molar-refractivity contribution is 0.0317. The molecule has 3 rings (SSSR count). The Morgan fingerprint density at radius 2 is 1.95 bits per heavy atom. The Morgan fingerprint density at radius 1 is 1.23 bits per heavy atom. The van der Waals surface area contributed by atoms with Crippen LogP contribution in [0.4, 0.5) is 0 Å². The molecule has 0 saturated heterocycles. The molecule has 118 valence electrons. The molecular formula is C16H19NO3S2. The van der Waals surface area contributed by atoms with Crippen molar-refractivity contribution >= 4 is 21.4 Å². The molecule has 1 aromatic carbocycles. The van der Waals surface area contributed by atoms with Crippen molar-refractivity contribution in [3.05, 3.63) is 52.4 Å². The van der Waals surface area contributed by atoms with Crippen LogP contribution in [0.2, 0.25) is 0 Å². The second-order valence-electron chi connectivity index (χ2n) is 5.86. The van der Waals surface area contributed by atoms with E-state index >= 15 is 0 Å². The molecule has 0 radical (unpaired) electrons. The summed E-state index contributed by atoms with van der Waals surface area (Å²) in [6.45, 7) is 1.91. The van der Waals surface area contributed by atoms with Crippen LogP contribution in [0.1, 0.15) is 22.4 Å². The van der Waals surface area contributed by atoms with Crippen LogP contribution in [0, 0.1) is 6.92 Å². The summed E-state index contributed by atoms with van der Waals surface area (Å²) in [6, 6.07) is 11.4. The predicted octanol–water partition coefficient (Wildman–Crippen LogP) is 2.25. The number of sulfonamides is 1. The number of aryl methyl sites for hydroxylation is 2. The molecule has 6 heteroatoms. The molecule has 1 aliphatic carbocycles. The number of hydrogen-bond acceptors (Lipinski definition) is 4. The topological polar surface area (TPSA) is 66.4 Å². The maximum atomic E-state index is 12.3. The number of nitrogens with one attached hydrogen (secondary N) is 1. The lowest BCUT2D eigenvalue weighted by atomic mass is 9.80. The van der Waals surface area contributed by atoms with E-state index in [1.54, 1.807) is 12.1 Å². The summed E-state index contributed by atoms with van der Waals surface area (Å²) in [6.07, 6.45) is 1.82. The van der Waals surface area contributed by atoms with E-state index < -0.39 is 15.6 Å². The minimum atomic E-state index is -3.55. The van der Waals surface area contributed by atoms with Gasteiger partial charge in [0.1, 0.15) is 4.21 Å². The van der Waals surface area contributed by atoms with Crippen molar-refractivity contribution in [1.29, 1.82) is 0 Å². The van der Waals surface area contributed by atoms with Crippen LogP contribution >= 0.6 is 11.3 Å². The number of fused-ring (bicyclic) bond motifs is 1. The smallest absolute Gasteiger partial charge is 0.250 e. The van der Waals surface area contributed by atoms with Crippen molar-refractivity contribution in [2.24, 2.45) is 0 Å². The molecule has 0 unspecified atom stereocenters. The van der Waals surface area contributed by atoms with Gasteiger partial charge in [0.25, 0.3) is 0 Å². The Bertz CT molecular complexity index is 782. The molecule has 0 spiro atoms. The molecule has 1 heterocycles. The van der Waals surface area contributed by atoms with Gasteiger partial charge in [-0.2, -0.15) is 0 Å². The fourth-order valence-electron chi connectivity index (χ4n) is 2.79. The first-order chi connectivity index (χ1) is 10.4. The van der Waals surface area contributed by atoms with Crippen molar-refractivity contribution in [3.63, 3.8) is 0 Å². The summed E-state index contributed by atoms with van der Waals surface area (Å²) in [5.41, 5.74) is 1.32. The highest BCUT2D eigenvalue weighted by atomic mass is 32.2. The highest BCUT2D eigenvalue weighted by molar-refractivity contribution is 7.91. The van der Waals surface area contributed by atoms with Crippen LogP contribution in [0.15, 0.2) is 40.6 Å². The first kappa shape index (κ1) is 15.7. The molecule has 22 heavy (non-hydrogen) atoms. The van der Waals surface area contributed by atoms with E-state index in [-0.39, 0.29) is 6.54 Å². The van der Waals surface area contributed by atoms with Gasteiger partial charge in [-0.3, -0.25) is 0 Å². The van der Waals surface area contributed by atoms with Crippen LogP contribution in [-0.2, 0) is 22.9 Å². The van der Waals surface area contributed by atoms with Crippen LogP contribution < -0.4 is 4.72 Å². The Labute approximate surface area is 134 Å². The van der Waals surface area contributed by atoms with Crippen LogP contribution in [-0.4, -0.2) is 25.7 Å². The average molecular weight is 337 g/mol. The summed E-state index contributed by atoms with van der Waals surface area (Å²) >= 11 is 1.24. The maximum Gasteiger partial charge on any atom is 0.250 e. The first-order valence-corrected chi connectivity index (χ1v) is 9.53. The van der Waals surface area contributed by atoms with E-state index in [2.05, 4.69) is 10.8 Å². The number of rotatable bonds is 4. The molecule has 0 fully saturated rings. The molecule has 1 aliphatic rings. The monoisotopic (exact) mass is 337 g/mol. The highest BCUT2D eigenvalue weighted by Gasteiger charge is 2.33. The normalized spacial score (nSPS) is 21.5. The standard InChI is InChI=1S/C16H19NO3S2/c1-12-6-7-15(21-12)22(19,20)17-11-16(18)9-8-13-4-2-3-5-14(13)10-16/h2-7,17-18H,8-11H2,1H3/t16-/m0/s1. The van der Waals surface area contributed by atoms with Gasteiger partial charge in [0.05, 0.1) is 5.60 Å². The van der Waals surface area contributed by atoms with E-state index in [1.165, 1.54) is 16.9 Å². The van der Waals surface area contributed by atoms with Gasteiger partial charge in [-0.05, 0) is 43.0 Å². The fourth-order valence-corrected chi connectivity index (χ4v) is 5.24. The van der Waals surface area contributed by atoms with Gasteiger partial charge >= 0.3 is 0 Å². The van der Waals surface area contributed by atoms with Crippen LogP contribution in [0.5, 0.6) is 0 Å². The van der Waals surface area contributed by atoms with E-state index in [1.807, 2.05) is 25.1 Å². The zero-order chi connectivity index (χ0) is 15.8. The second-order valence-corrected chi connectivity index (χ2v) is 9.14. The zero-order valence-corrected chi connectivity index (χ0v) is 14.0. The summed E-state index contributed by atoms with van der Waals surface area (Å²) < 4.78 is 27.4. The second kappa shape index (κ2) is 5.77. The van der Waals surface area contributed by atoms with E-state index in [4.69, 9.17) is 0 Å². The van der Waals surface area contributed by atoms with E-state index in [0.717, 1.165) is 16.9 Å². The maximum absolute atomic E-state index is 12.3. The van der Waals surface area contributed by atoms with Gasteiger partial charge in [0.2, 0.25) is 10.0 Å². The third-order valence-electron chi connectivity index (χ3n) is 4.07. The Kier molecular flexibility index (Phi) is 4.11. The Morgan fingerprint density at radius 3 is 2.64 bits per heavy atom. The number of aliphatic hydroxyl groups is 1. The minimum Gasteiger partial charge on any atom is -0.388 e. The number of thiophene rings is 1. The van der Waals surface area contributed by atoms with Crippen LogP contribution in [0.25, 0.3) is 0 Å². The molecule has 2 N–H and O–H groups in total. The van der Waals surface area contributed by atoms with E-state index in [0.29, 0.717) is 17.1 Å². The Hall–Kier alpha value is -1.21. The molecule has 0 aliphatic heterocycles. The first-order valence-electron chi connectivity index (χ1n) is 7.23. The van der Waals surface area contributed by atoms with Gasteiger partial charge in [-0.25, -0.2) is 13.1 Å². The summed E-state index contributed by atoms with van der Waals surface area (Å²) in [7, 11) is -3.55. The van der Waals surface area contributed by atoms with Gasteiger partial charge in [0, 0.05) is 17.8 Å². The van der Waals surface area contributed by atoms with E-state index in [9.17, 15) is 13.5 Å². The molecular weight excluding hydrogens is 318 g/mol. The minimum absolute atomic E-state index is 0.0423. The SMILES string of the molecule is Cc1ccc(S(=O)(=O)NC[C@]2(O)CCc3ccccc3C2)s1. The highest BCUT2D eigenvalue weighted by Crippen LogP contribution is 2.29. The lowest BCUT2D eigenvalue weighted by Gasteiger charge is -2.33. The third kappa shape index (κ3) is 3.25. The third-order valence-corrected chi connectivity index (χ3v) is 6.96. The van der Waals surface area contributed by atoms with Crippen molar-refractivity contribution in [3.8, 4) is 0 Å². The van der Waals surface area contributed by atoms with Crippen molar-refractivity contribution in [2.75, 3.05) is 6.54 Å². The largest absolute Gasteiger partial charge is 0.388 e. The molecule has 4 nitrogen and oxygen atoms in total. The Balaban J connectivity index is 1.71. The van der Waals surface area contributed by atoms with Crippen molar-refractivity contribution in [2.45, 2.75) is 36.0 Å². The summed E-state index contributed by atoms with van der Waals surface area (Å²) in [4.78, 5) is 0.950. The number of hydrogen-bond donors (Lipinski definition) is 2. The average Bonchev–Trinajstić information content (AvgIpc) is 2.93. The van der Waals surface area contributed by atoms with Gasteiger partial charge in [0.15, 0.2) is 0 Å².